The van der Waals surface area contributed by atoms with Crippen molar-refractivity contribution < 1.29 is 14.0 Å². The number of nitrogens with zero attached hydrogens (tertiary/aromatic N) is 2. The summed E-state index contributed by atoms with van der Waals surface area (Å²) in [6.45, 7) is 1.84. The number of H-pyrrole nitrogens is 1. The number of aromatic amines is 1. The Bertz CT molecular complexity index is 854. The minimum Gasteiger partial charge on any atom is -0.506 e. The van der Waals surface area contributed by atoms with Crippen LogP contribution in [0.1, 0.15) is 12.7 Å². The average Bonchev–Trinajstić information content (AvgIpc) is 2.86. The van der Waals surface area contributed by atoms with Gasteiger partial charge in [0, 0.05) is 11.8 Å². The molecule has 7 heteroatoms. The van der Waals surface area contributed by atoms with Crippen molar-refractivity contribution in [3.8, 4) is 17.2 Å². The zero-order chi connectivity index (χ0) is 14.3. The van der Waals surface area contributed by atoms with Crippen LogP contribution in [0.5, 0.6) is 5.75 Å². The molecule has 0 saturated carbocycles. The van der Waals surface area contributed by atoms with Gasteiger partial charge in [0.05, 0.1) is 5.52 Å². The van der Waals surface area contributed by atoms with Crippen molar-refractivity contribution in [2.75, 3.05) is 0 Å². The van der Waals surface area contributed by atoms with E-state index >= 15 is 0 Å². The quantitative estimate of drug-likeness (QED) is 0.746. The number of aromatic hydroxyl groups is 1. The maximum atomic E-state index is 13.1. The van der Waals surface area contributed by atoms with Crippen LogP contribution in [0.4, 0.5) is 4.39 Å². The fourth-order valence-corrected chi connectivity index (χ4v) is 1.95. The van der Waals surface area contributed by atoms with E-state index in [-0.39, 0.29) is 22.7 Å². The predicted octanol–water partition coefficient (Wildman–Crippen LogP) is 1.99. The summed E-state index contributed by atoms with van der Waals surface area (Å²) in [6, 6.07) is 3.69. The molecule has 102 valence electrons. The van der Waals surface area contributed by atoms with Gasteiger partial charge in [-0.15, -0.1) is 0 Å². The van der Waals surface area contributed by atoms with E-state index in [9.17, 15) is 14.3 Å². The highest BCUT2D eigenvalue weighted by Gasteiger charge is 2.19. The molecule has 0 aliphatic rings. The first-order valence-electron chi connectivity index (χ1n) is 5.97. The van der Waals surface area contributed by atoms with E-state index in [2.05, 4.69) is 15.1 Å². The second kappa shape index (κ2) is 4.44. The van der Waals surface area contributed by atoms with Gasteiger partial charge in [-0.1, -0.05) is 12.1 Å². The Hall–Kier alpha value is -2.70. The Balaban J connectivity index is 2.31. The van der Waals surface area contributed by atoms with E-state index < -0.39 is 11.4 Å². The van der Waals surface area contributed by atoms with Crippen molar-refractivity contribution in [1.82, 2.24) is 15.1 Å². The molecule has 20 heavy (non-hydrogen) atoms. The lowest BCUT2D eigenvalue weighted by Gasteiger charge is -2.04. The summed E-state index contributed by atoms with van der Waals surface area (Å²) in [7, 11) is 0. The molecule has 2 heterocycles. The maximum absolute atomic E-state index is 13.1. The smallest absolute Gasteiger partial charge is 0.267 e. The number of rotatable bonds is 2. The van der Waals surface area contributed by atoms with Crippen LogP contribution in [0.15, 0.2) is 27.5 Å². The summed E-state index contributed by atoms with van der Waals surface area (Å²) in [5.74, 6) is -0.453. The number of aromatic nitrogens is 3. The van der Waals surface area contributed by atoms with Crippen LogP contribution in [-0.2, 0) is 6.42 Å². The Morgan fingerprint density at radius 3 is 2.95 bits per heavy atom. The highest BCUT2D eigenvalue weighted by atomic mass is 19.1. The summed E-state index contributed by atoms with van der Waals surface area (Å²) < 4.78 is 18.1. The predicted molar refractivity (Wildman–Crippen MR) is 68.9 cm³/mol. The normalized spacial score (nSPS) is 11.1. The zero-order valence-corrected chi connectivity index (χ0v) is 10.5. The molecule has 0 unspecified atom stereocenters. The van der Waals surface area contributed by atoms with Crippen LogP contribution < -0.4 is 5.56 Å². The molecule has 0 saturated heterocycles. The fourth-order valence-electron chi connectivity index (χ4n) is 1.95. The van der Waals surface area contributed by atoms with Gasteiger partial charge in [0.2, 0.25) is 0 Å². The minimum atomic E-state index is -0.619. The SMILES string of the molecule is CCc1noc(-c2c(O)c3ccc(F)cc3[nH]c2=O)n1. The molecule has 2 aromatic heterocycles. The van der Waals surface area contributed by atoms with Gasteiger partial charge in [-0.25, -0.2) is 4.39 Å². The van der Waals surface area contributed by atoms with Crippen LogP contribution in [-0.4, -0.2) is 20.2 Å². The van der Waals surface area contributed by atoms with Crippen LogP contribution in [0, 0.1) is 5.82 Å². The van der Waals surface area contributed by atoms with Crippen molar-refractivity contribution in [2.24, 2.45) is 0 Å². The van der Waals surface area contributed by atoms with Gasteiger partial charge in [-0.2, -0.15) is 4.98 Å². The van der Waals surface area contributed by atoms with Gasteiger partial charge in [-0.3, -0.25) is 4.79 Å². The van der Waals surface area contributed by atoms with E-state index in [4.69, 9.17) is 4.52 Å². The van der Waals surface area contributed by atoms with Gasteiger partial charge in [0.25, 0.3) is 11.4 Å². The number of halogens is 1. The molecule has 0 radical (unpaired) electrons. The van der Waals surface area contributed by atoms with E-state index in [1.165, 1.54) is 12.1 Å². The lowest BCUT2D eigenvalue weighted by molar-refractivity contribution is 0.418. The third-order valence-corrected chi connectivity index (χ3v) is 2.95. The molecule has 0 aliphatic heterocycles. The largest absolute Gasteiger partial charge is 0.506 e. The molecular formula is C13H10FN3O3. The van der Waals surface area contributed by atoms with Gasteiger partial charge >= 0.3 is 0 Å². The highest BCUT2D eigenvalue weighted by Crippen LogP contribution is 2.31. The van der Waals surface area contributed by atoms with Crippen molar-refractivity contribution in [3.63, 3.8) is 0 Å². The lowest BCUT2D eigenvalue weighted by atomic mass is 10.1. The topological polar surface area (TPSA) is 92.0 Å². The number of fused-ring (bicyclic) bond motifs is 1. The molecule has 1 aromatic carbocycles. The number of hydrogen-bond acceptors (Lipinski definition) is 5. The van der Waals surface area contributed by atoms with E-state index in [0.29, 0.717) is 17.6 Å². The fraction of sp³-hybridized carbons (Fsp3) is 0.154. The van der Waals surface area contributed by atoms with E-state index in [0.717, 1.165) is 6.07 Å². The molecule has 0 aliphatic carbocycles. The molecule has 0 amide bonds. The van der Waals surface area contributed by atoms with Crippen LogP contribution in [0.2, 0.25) is 0 Å². The summed E-state index contributed by atoms with van der Waals surface area (Å²) >= 11 is 0. The Labute approximate surface area is 111 Å². The summed E-state index contributed by atoms with van der Waals surface area (Å²) in [4.78, 5) is 18.5. The first-order valence-corrected chi connectivity index (χ1v) is 5.97. The van der Waals surface area contributed by atoms with Gasteiger partial charge in [0.1, 0.15) is 17.1 Å². The van der Waals surface area contributed by atoms with E-state index in [1.807, 2.05) is 6.92 Å². The van der Waals surface area contributed by atoms with Gasteiger partial charge < -0.3 is 14.6 Å². The monoisotopic (exact) mass is 275 g/mol. The average molecular weight is 275 g/mol. The first kappa shape index (κ1) is 12.3. The number of aryl methyl sites for hydroxylation is 1. The summed E-state index contributed by atoms with van der Waals surface area (Å²) in [6.07, 6.45) is 0.543. The molecule has 3 aromatic rings. The summed E-state index contributed by atoms with van der Waals surface area (Å²) in [5, 5.41) is 14.2. The number of hydrogen-bond donors (Lipinski definition) is 2. The standard InChI is InChI=1S/C13H10FN3O3/c1-2-9-16-13(20-17-9)10-11(18)7-4-3-6(14)5-8(7)15-12(10)19/h3-5H,2H2,1H3,(H2,15,18,19). The molecular weight excluding hydrogens is 265 g/mol. The second-order valence-corrected chi connectivity index (χ2v) is 4.24. The molecule has 0 bridgehead atoms. The van der Waals surface area contributed by atoms with Crippen molar-refractivity contribution in [3.05, 3.63) is 40.2 Å². The lowest BCUT2D eigenvalue weighted by Crippen LogP contribution is -2.09. The highest BCUT2D eigenvalue weighted by molar-refractivity contribution is 5.90. The third kappa shape index (κ3) is 1.83. The zero-order valence-electron chi connectivity index (χ0n) is 10.5. The Morgan fingerprint density at radius 2 is 2.25 bits per heavy atom. The molecule has 3 rings (SSSR count). The first-order chi connectivity index (χ1) is 9.60. The molecule has 0 spiro atoms. The Kier molecular flexibility index (Phi) is 2.74. The van der Waals surface area contributed by atoms with Crippen molar-refractivity contribution in [2.45, 2.75) is 13.3 Å². The van der Waals surface area contributed by atoms with Crippen LogP contribution >= 0.6 is 0 Å². The number of nitrogens with one attached hydrogen (secondary N) is 1. The number of pyridine rings is 1. The molecule has 0 atom stereocenters. The Morgan fingerprint density at radius 1 is 1.45 bits per heavy atom. The molecule has 0 fully saturated rings. The molecule has 2 N–H and O–H groups in total. The van der Waals surface area contributed by atoms with Crippen LogP contribution in [0.25, 0.3) is 22.4 Å². The maximum Gasteiger partial charge on any atom is 0.267 e. The van der Waals surface area contributed by atoms with Gasteiger partial charge in [-0.05, 0) is 18.2 Å². The van der Waals surface area contributed by atoms with E-state index in [1.54, 1.807) is 0 Å². The molecule has 6 nitrogen and oxygen atoms in total. The minimum absolute atomic E-state index is 0.0631. The van der Waals surface area contributed by atoms with Crippen molar-refractivity contribution >= 4 is 10.9 Å². The third-order valence-electron chi connectivity index (χ3n) is 2.95. The summed E-state index contributed by atoms with van der Waals surface area (Å²) in [5.41, 5.74) is -0.533. The van der Waals surface area contributed by atoms with Gasteiger partial charge in [0.15, 0.2) is 5.82 Å². The van der Waals surface area contributed by atoms with Crippen molar-refractivity contribution in [1.29, 1.82) is 0 Å². The van der Waals surface area contributed by atoms with Crippen LogP contribution in [0.3, 0.4) is 0 Å². The second-order valence-electron chi connectivity index (χ2n) is 4.24. The number of benzene rings is 1.